The molecule has 0 saturated heterocycles. The van der Waals surface area contributed by atoms with E-state index in [0.717, 1.165) is 40.4 Å². The number of thioether (sulfide) groups is 1. The first-order valence-electron chi connectivity index (χ1n) is 8.39. The second kappa shape index (κ2) is 7.74. The third-order valence-corrected chi connectivity index (χ3v) is 5.04. The van der Waals surface area contributed by atoms with E-state index in [9.17, 15) is 4.79 Å². The zero-order chi connectivity index (χ0) is 17.8. The molecule has 1 aromatic carbocycles. The van der Waals surface area contributed by atoms with Crippen molar-refractivity contribution in [3.8, 4) is 0 Å². The van der Waals surface area contributed by atoms with Crippen LogP contribution < -0.4 is 5.32 Å². The van der Waals surface area contributed by atoms with E-state index in [1.54, 1.807) is 0 Å². The summed E-state index contributed by atoms with van der Waals surface area (Å²) in [4.78, 5) is 19.7. The van der Waals surface area contributed by atoms with Gasteiger partial charge in [0.25, 0.3) is 0 Å². The molecule has 2 heterocycles. The van der Waals surface area contributed by atoms with Crippen molar-refractivity contribution >= 4 is 28.7 Å². The fourth-order valence-electron chi connectivity index (χ4n) is 2.79. The van der Waals surface area contributed by atoms with Gasteiger partial charge in [0.15, 0.2) is 5.16 Å². The van der Waals surface area contributed by atoms with Gasteiger partial charge in [0, 0.05) is 12.2 Å². The predicted octanol–water partition coefficient (Wildman–Crippen LogP) is 3.05. The summed E-state index contributed by atoms with van der Waals surface area (Å²) < 4.78 is 0. The van der Waals surface area contributed by atoms with Crippen LogP contribution in [0.5, 0.6) is 0 Å². The Bertz CT molecular complexity index is 863. The predicted molar refractivity (Wildman–Crippen MR) is 101 cm³/mol. The summed E-state index contributed by atoms with van der Waals surface area (Å²) in [5.41, 5.74) is 6.53. The number of H-pyrrole nitrogens is 2. The third kappa shape index (κ3) is 4.42. The van der Waals surface area contributed by atoms with Crippen LogP contribution in [-0.4, -0.2) is 38.4 Å². The van der Waals surface area contributed by atoms with Gasteiger partial charge in [-0.2, -0.15) is 5.10 Å². The van der Waals surface area contributed by atoms with Crippen LogP contribution in [0.4, 0.5) is 0 Å². The molecule has 0 radical (unpaired) electrons. The van der Waals surface area contributed by atoms with Crippen molar-refractivity contribution < 1.29 is 4.79 Å². The van der Waals surface area contributed by atoms with E-state index in [1.807, 2.05) is 32.9 Å². The minimum absolute atomic E-state index is 0.0299. The summed E-state index contributed by atoms with van der Waals surface area (Å²) in [6.07, 6.45) is 1.83. The highest BCUT2D eigenvalue weighted by Crippen LogP contribution is 2.20. The Balaban J connectivity index is 1.41. The molecule has 1 amide bonds. The molecule has 132 valence electrons. The van der Waals surface area contributed by atoms with Gasteiger partial charge in [-0.05, 0) is 56.9 Å². The quantitative estimate of drug-likeness (QED) is 0.448. The standard InChI is InChI=1S/C18H23N5OS/c1-11-6-7-15-16(9-11)21-18(20-15)25-10-17(24)19-8-4-5-14-12(2)22-23-13(14)3/h6-7,9H,4-5,8,10H2,1-3H3,(H,19,24)(H,20,21)(H,22,23). The first kappa shape index (κ1) is 17.5. The first-order chi connectivity index (χ1) is 12.0. The van der Waals surface area contributed by atoms with Gasteiger partial charge in [0.2, 0.25) is 5.91 Å². The normalized spacial score (nSPS) is 11.2. The molecule has 3 aromatic rings. The largest absolute Gasteiger partial charge is 0.355 e. The molecule has 0 saturated carbocycles. The van der Waals surface area contributed by atoms with Gasteiger partial charge in [0.05, 0.1) is 22.5 Å². The van der Waals surface area contributed by atoms with Crippen LogP contribution in [0.3, 0.4) is 0 Å². The van der Waals surface area contributed by atoms with Crippen molar-refractivity contribution in [2.75, 3.05) is 12.3 Å². The topological polar surface area (TPSA) is 86.5 Å². The second-order valence-electron chi connectivity index (χ2n) is 6.22. The molecule has 0 aliphatic heterocycles. The fourth-order valence-corrected chi connectivity index (χ4v) is 3.50. The van der Waals surface area contributed by atoms with E-state index in [4.69, 9.17) is 0 Å². The molecule has 0 fully saturated rings. The Kier molecular flexibility index (Phi) is 5.43. The van der Waals surface area contributed by atoms with E-state index in [0.29, 0.717) is 12.3 Å². The number of aromatic nitrogens is 4. The number of nitrogens with zero attached hydrogens (tertiary/aromatic N) is 2. The molecule has 3 N–H and O–H groups in total. The molecule has 2 aromatic heterocycles. The van der Waals surface area contributed by atoms with Crippen LogP contribution >= 0.6 is 11.8 Å². The van der Waals surface area contributed by atoms with Crippen molar-refractivity contribution in [2.24, 2.45) is 0 Å². The number of aromatic amines is 2. The van der Waals surface area contributed by atoms with Crippen LogP contribution in [0.15, 0.2) is 23.4 Å². The van der Waals surface area contributed by atoms with Crippen molar-refractivity contribution in [3.05, 3.63) is 40.7 Å². The minimum Gasteiger partial charge on any atom is -0.355 e. The number of benzene rings is 1. The maximum atomic E-state index is 12.0. The van der Waals surface area contributed by atoms with Crippen molar-refractivity contribution in [1.29, 1.82) is 0 Å². The number of nitrogens with one attached hydrogen (secondary N) is 3. The maximum Gasteiger partial charge on any atom is 0.230 e. The number of rotatable bonds is 7. The monoisotopic (exact) mass is 357 g/mol. The number of hydrogen-bond donors (Lipinski definition) is 3. The highest BCUT2D eigenvalue weighted by atomic mass is 32.2. The lowest BCUT2D eigenvalue weighted by atomic mass is 10.1. The molecular weight excluding hydrogens is 334 g/mol. The highest BCUT2D eigenvalue weighted by molar-refractivity contribution is 7.99. The third-order valence-electron chi connectivity index (χ3n) is 4.16. The van der Waals surface area contributed by atoms with E-state index in [1.165, 1.54) is 22.9 Å². The lowest BCUT2D eigenvalue weighted by Crippen LogP contribution is -2.26. The van der Waals surface area contributed by atoms with Gasteiger partial charge in [-0.3, -0.25) is 9.89 Å². The van der Waals surface area contributed by atoms with Gasteiger partial charge in [-0.1, -0.05) is 17.8 Å². The van der Waals surface area contributed by atoms with Crippen LogP contribution in [0, 0.1) is 20.8 Å². The number of imidazole rings is 1. The van der Waals surface area contributed by atoms with E-state index in [2.05, 4.69) is 31.5 Å². The molecular formula is C18H23N5OS. The number of carbonyl (C=O) groups excluding carboxylic acids is 1. The molecule has 0 bridgehead atoms. The van der Waals surface area contributed by atoms with Crippen molar-refractivity contribution in [1.82, 2.24) is 25.5 Å². The second-order valence-corrected chi connectivity index (χ2v) is 7.18. The average molecular weight is 357 g/mol. The van der Waals surface area contributed by atoms with Crippen molar-refractivity contribution in [3.63, 3.8) is 0 Å². The summed E-state index contributed by atoms with van der Waals surface area (Å²) >= 11 is 1.43. The molecule has 0 unspecified atom stereocenters. The maximum absolute atomic E-state index is 12.0. The van der Waals surface area contributed by atoms with Gasteiger partial charge >= 0.3 is 0 Å². The van der Waals surface area contributed by atoms with Crippen molar-refractivity contribution in [2.45, 2.75) is 38.8 Å². The SMILES string of the molecule is Cc1ccc2nc(SCC(=O)NCCCc3c(C)n[nH]c3C)[nH]c2c1. The zero-order valence-corrected chi connectivity index (χ0v) is 15.6. The number of amides is 1. The zero-order valence-electron chi connectivity index (χ0n) is 14.8. The molecule has 0 atom stereocenters. The van der Waals surface area contributed by atoms with Crippen LogP contribution in [0.2, 0.25) is 0 Å². The Hall–Kier alpha value is -2.28. The Morgan fingerprint density at radius 2 is 2.12 bits per heavy atom. The molecule has 0 aliphatic carbocycles. The lowest BCUT2D eigenvalue weighted by Gasteiger charge is -2.05. The van der Waals surface area contributed by atoms with E-state index < -0.39 is 0 Å². The van der Waals surface area contributed by atoms with E-state index >= 15 is 0 Å². The Morgan fingerprint density at radius 1 is 1.28 bits per heavy atom. The van der Waals surface area contributed by atoms with Crippen LogP contribution in [-0.2, 0) is 11.2 Å². The molecule has 25 heavy (non-hydrogen) atoms. The van der Waals surface area contributed by atoms with Gasteiger partial charge in [-0.25, -0.2) is 4.98 Å². The number of hydrogen-bond acceptors (Lipinski definition) is 4. The average Bonchev–Trinajstić information content (AvgIpc) is 3.13. The molecule has 0 spiro atoms. The molecule has 3 rings (SSSR count). The molecule has 6 nitrogen and oxygen atoms in total. The molecule has 7 heteroatoms. The van der Waals surface area contributed by atoms with Gasteiger partial charge in [-0.15, -0.1) is 0 Å². The first-order valence-corrected chi connectivity index (χ1v) is 9.38. The summed E-state index contributed by atoms with van der Waals surface area (Å²) in [6, 6.07) is 6.09. The Morgan fingerprint density at radius 3 is 2.88 bits per heavy atom. The summed E-state index contributed by atoms with van der Waals surface area (Å²) in [5, 5.41) is 10.9. The van der Waals surface area contributed by atoms with Crippen LogP contribution in [0.1, 0.15) is 28.9 Å². The highest BCUT2D eigenvalue weighted by Gasteiger charge is 2.08. The van der Waals surface area contributed by atoms with E-state index in [-0.39, 0.29) is 5.91 Å². The fraction of sp³-hybridized carbons (Fsp3) is 0.389. The van der Waals surface area contributed by atoms with Gasteiger partial charge in [0.1, 0.15) is 0 Å². The smallest absolute Gasteiger partial charge is 0.230 e. The number of fused-ring (bicyclic) bond motifs is 1. The number of carbonyl (C=O) groups is 1. The summed E-state index contributed by atoms with van der Waals surface area (Å²) in [6.45, 7) is 6.75. The summed E-state index contributed by atoms with van der Waals surface area (Å²) in [7, 11) is 0. The number of aryl methyl sites for hydroxylation is 3. The van der Waals surface area contributed by atoms with Crippen LogP contribution in [0.25, 0.3) is 11.0 Å². The molecule has 0 aliphatic rings. The minimum atomic E-state index is 0.0299. The Labute approximate surface area is 151 Å². The van der Waals surface area contributed by atoms with Gasteiger partial charge < -0.3 is 10.3 Å². The summed E-state index contributed by atoms with van der Waals surface area (Å²) in [5.74, 6) is 0.394. The lowest BCUT2D eigenvalue weighted by molar-refractivity contribution is -0.118.